The highest BCUT2D eigenvalue weighted by molar-refractivity contribution is 6.07. The number of allylic oxidation sites excluding steroid dienone is 6. The third-order valence-electron chi connectivity index (χ3n) is 6.57. The van der Waals surface area contributed by atoms with Gasteiger partial charge >= 0.3 is 0 Å². The van der Waals surface area contributed by atoms with Crippen molar-refractivity contribution in [3.8, 4) is 0 Å². The Kier molecular flexibility index (Phi) is 6.65. The molecule has 1 aliphatic rings. The van der Waals surface area contributed by atoms with E-state index in [1.54, 1.807) is 11.8 Å². The molecule has 0 atom stereocenters. The number of para-hydroxylation sites is 1. The molecule has 34 heavy (non-hydrogen) atoms. The van der Waals surface area contributed by atoms with Gasteiger partial charge in [0.15, 0.2) is 5.71 Å². The molecule has 0 spiro atoms. The number of hydrogen-bond donors (Lipinski definition) is 0. The summed E-state index contributed by atoms with van der Waals surface area (Å²) in [6, 6.07) is 22.9. The van der Waals surface area contributed by atoms with E-state index in [1.807, 2.05) is 55.5 Å². The van der Waals surface area contributed by atoms with Gasteiger partial charge in [0.05, 0.1) is 5.41 Å². The molecule has 0 saturated carbocycles. The molecule has 0 N–H and O–H groups in total. The van der Waals surface area contributed by atoms with Crippen molar-refractivity contribution < 1.29 is 9.37 Å². The van der Waals surface area contributed by atoms with E-state index >= 15 is 0 Å². The molecule has 1 amide bonds. The summed E-state index contributed by atoms with van der Waals surface area (Å²) in [7, 11) is 0. The molecule has 1 heterocycles. The van der Waals surface area contributed by atoms with Crippen molar-refractivity contribution in [3.05, 3.63) is 108 Å². The maximum atomic E-state index is 12.2. The number of hydrogen-bond acceptors (Lipinski definition) is 1. The number of carbonyl (C=O) groups is 1. The van der Waals surface area contributed by atoms with Crippen LogP contribution in [-0.2, 0) is 10.2 Å². The lowest BCUT2D eigenvalue weighted by molar-refractivity contribution is -0.433. The third-order valence-corrected chi connectivity index (χ3v) is 6.57. The van der Waals surface area contributed by atoms with Gasteiger partial charge in [0.2, 0.25) is 11.6 Å². The Balaban J connectivity index is 1.60. The topological polar surface area (TPSA) is 23.3 Å². The molecule has 0 saturated heterocycles. The Hall–Kier alpha value is -3.72. The van der Waals surface area contributed by atoms with E-state index in [0.717, 1.165) is 17.9 Å². The van der Waals surface area contributed by atoms with Crippen LogP contribution in [0.1, 0.15) is 40.2 Å². The van der Waals surface area contributed by atoms with Crippen molar-refractivity contribution >= 4 is 33.8 Å². The Morgan fingerprint density at radius 1 is 0.912 bits per heavy atom. The van der Waals surface area contributed by atoms with Gasteiger partial charge in [-0.1, -0.05) is 60.7 Å². The van der Waals surface area contributed by atoms with Crippen LogP contribution in [0.15, 0.2) is 103 Å². The third kappa shape index (κ3) is 4.26. The quantitative estimate of drug-likeness (QED) is 0.286. The van der Waals surface area contributed by atoms with E-state index in [-0.39, 0.29) is 11.3 Å². The maximum Gasteiger partial charge on any atom is 0.228 e. The second-order valence-electron chi connectivity index (χ2n) is 9.18. The Morgan fingerprint density at radius 3 is 2.32 bits per heavy atom. The number of amides is 1. The Labute approximate surface area is 203 Å². The number of carbonyl (C=O) groups excluding carboxylic acids is 1. The van der Waals surface area contributed by atoms with Crippen LogP contribution in [0.3, 0.4) is 0 Å². The van der Waals surface area contributed by atoms with Gasteiger partial charge in [-0.2, -0.15) is 4.58 Å². The number of nitrogens with zero attached hydrogens (tertiary/aromatic N) is 2. The van der Waals surface area contributed by atoms with Crippen LogP contribution < -0.4 is 4.90 Å². The van der Waals surface area contributed by atoms with Crippen LogP contribution in [0.5, 0.6) is 0 Å². The fraction of sp³-hybridized carbons (Fsp3) is 0.226. The zero-order chi connectivity index (χ0) is 24.3. The van der Waals surface area contributed by atoms with Crippen molar-refractivity contribution in [1.82, 2.24) is 0 Å². The van der Waals surface area contributed by atoms with Gasteiger partial charge in [-0.25, -0.2) is 0 Å². The van der Waals surface area contributed by atoms with Crippen molar-refractivity contribution in [1.29, 1.82) is 0 Å². The molecule has 0 unspecified atom stereocenters. The van der Waals surface area contributed by atoms with Gasteiger partial charge in [0, 0.05) is 36.0 Å². The average molecular weight is 450 g/mol. The summed E-state index contributed by atoms with van der Waals surface area (Å²) in [6.07, 6.45) is 10.3. The minimum atomic E-state index is -0.0962. The first-order chi connectivity index (χ1) is 16.4. The maximum absolute atomic E-state index is 12.2. The minimum absolute atomic E-state index is 0.00395. The molecule has 3 aromatic rings. The van der Waals surface area contributed by atoms with Gasteiger partial charge in [-0.05, 0) is 62.7 Å². The number of anilines is 1. The number of benzene rings is 3. The first-order valence-corrected chi connectivity index (χ1v) is 11.9. The predicted molar refractivity (Wildman–Crippen MR) is 144 cm³/mol. The van der Waals surface area contributed by atoms with Gasteiger partial charge in [-0.3, -0.25) is 9.69 Å². The lowest BCUT2D eigenvalue weighted by atomic mass is 9.79. The van der Waals surface area contributed by atoms with Gasteiger partial charge in [-0.15, -0.1) is 0 Å². The van der Waals surface area contributed by atoms with Crippen LogP contribution in [0.4, 0.5) is 11.4 Å². The zero-order valence-corrected chi connectivity index (χ0v) is 20.7. The smallest absolute Gasteiger partial charge is 0.228 e. The summed E-state index contributed by atoms with van der Waals surface area (Å²) in [5, 5.41) is 2.61. The van der Waals surface area contributed by atoms with Crippen molar-refractivity contribution in [2.45, 2.75) is 40.0 Å². The van der Waals surface area contributed by atoms with Crippen molar-refractivity contribution in [3.63, 3.8) is 0 Å². The molecule has 3 nitrogen and oxygen atoms in total. The first-order valence-electron chi connectivity index (χ1n) is 11.9. The van der Waals surface area contributed by atoms with Crippen LogP contribution in [0, 0.1) is 0 Å². The SMILES string of the molecule is CC[N+]1=C(/C=C/C=C/C=C(\C)N(C(C)=O)c2ccccc2)C(C)(C)c2c1ccc1ccccc21. The lowest BCUT2D eigenvalue weighted by Crippen LogP contribution is -2.27. The lowest BCUT2D eigenvalue weighted by Gasteiger charge is -2.21. The first kappa shape index (κ1) is 23.4. The van der Waals surface area contributed by atoms with Crippen molar-refractivity contribution in [2.24, 2.45) is 0 Å². The molecule has 0 aliphatic carbocycles. The van der Waals surface area contributed by atoms with E-state index in [4.69, 9.17) is 0 Å². The highest BCUT2D eigenvalue weighted by Crippen LogP contribution is 2.44. The predicted octanol–water partition coefficient (Wildman–Crippen LogP) is 7.31. The fourth-order valence-corrected chi connectivity index (χ4v) is 5.07. The molecule has 1 aliphatic heterocycles. The molecule has 4 rings (SSSR count). The highest BCUT2D eigenvalue weighted by Gasteiger charge is 2.44. The monoisotopic (exact) mass is 449 g/mol. The Bertz CT molecular complexity index is 1340. The van der Waals surface area contributed by atoms with Crippen LogP contribution >= 0.6 is 0 Å². The molecule has 3 heteroatoms. The minimum Gasteiger partial charge on any atom is -0.285 e. The summed E-state index contributed by atoms with van der Waals surface area (Å²) in [5.41, 5.74) is 5.64. The Morgan fingerprint density at radius 2 is 1.62 bits per heavy atom. The normalized spacial score (nSPS) is 15.5. The fourth-order valence-electron chi connectivity index (χ4n) is 5.07. The number of fused-ring (bicyclic) bond motifs is 3. The summed E-state index contributed by atoms with van der Waals surface area (Å²) in [6.45, 7) is 11.3. The van der Waals surface area contributed by atoms with E-state index in [0.29, 0.717) is 0 Å². The molecule has 0 radical (unpaired) electrons. The molecule has 0 bridgehead atoms. The van der Waals surface area contributed by atoms with E-state index < -0.39 is 0 Å². The molecule has 0 aromatic heterocycles. The summed E-state index contributed by atoms with van der Waals surface area (Å²) >= 11 is 0. The van der Waals surface area contributed by atoms with Crippen LogP contribution in [0.25, 0.3) is 10.8 Å². The molecular formula is C31H33N2O+. The second kappa shape index (κ2) is 9.64. The summed E-state index contributed by atoms with van der Waals surface area (Å²) in [4.78, 5) is 14.0. The van der Waals surface area contributed by atoms with Crippen molar-refractivity contribution in [2.75, 3.05) is 11.4 Å². The summed E-state index contributed by atoms with van der Waals surface area (Å²) < 4.78 is 2.42. The summed E-state index contributed by atoms with van der Waals surface area (Å²) in [5.74, 6) is -0.00395. The van der Waals surface area contributed by atoms with Crippen LogP contribution in [-0.4, -0.2) is 22.7 Å². The average Bonchev–Trinajstić information content (AvgIpc) is 3.05. The standard InChI is InChI=1S/C31H33N2O/c1-6-32-28-22-21-25-16-13-14-19-27(25)30(28)31(4,5)29(32)20-12-7-9-15-23(2)33(24(3)34)26-17-10-8-11-18-26/h7-22H,6H2,1-5H3/q+1. The molecule has 0 fully saturated rings. The molecule has 3 aromatic carbocycles. The number of rotatable bonds is 6. The van der Waals surface area contributed by atoms with Gasteiger partial charge in [0.1, 0.15) is 6.54 Å². The molecule has 172 valence electrons. The zero-order valence-electron chi connectivity index (χ0n) is 20.7. The van der Waals surface area contributed by atoms with Gasteiger partial charge < -0.3 is 0 Å². The largest absolute Gasteiger partial charge is 0.285 e. The van der Waals surface area contributed by atoms with Gasteiger partial charge in [0.25, 0.3) is 0 Å². The molecular weight excluding hydrogens is 416 g/mol. The van der Waals surface area contributed by atoms with E-state index in [9.17, 15) is 4.79 Å². The van der Waals surface area contributed by atoms with E-state index in [1.165, 1.54) is 27.7 Å². The van der Waals surface area contributed by atoms with E-state index in [2.05, 4.69) is 73.9 Å². The van der Waals surface area contributed by atoms with Crippen LogP contribution in [0.2, 0.25) is 0 Å². The second-order valence-corrected chi connectivity index (χ2v) is 9.18. The highest BCUT2D eigenvalue weighted by atomic mass is 16.2.